The lowest BCUT2D eigenvalue weighted by Gasteiger charge is -2.36. The molecule has 0 bridgehead atoms. The number of hydrogen-bond donors (Lipinski definition) is 2. The molecular weight excluding hydrogens is 396 g/mol. The summed E-state index contributed by atoms with van der Waals surface area (Å²) in [6, 6.07) is 4.43. The lowest BCUT2D eigenvalue weighted by molar-refractivity contribution is -0.126. The fourth-order valence-corrected chi connectivity index (χ4v) is 4.78. The summed E-state index contributed by atoms with van der Waals surface area (Å²) < 4.78 is 32.7. The van der Waals surface area contributed by atoms with Gasteiger partial charge in [-0.3, -0.25) is 14.5 Å². The van der Waals surface area contributed by atoms with Crippen LogP contribution in [0.5, 0.6) is 5.75 Å². The number of methoxy groups -OCH3 is 1. The Balaban J connectivity index is 1.67. The van der Waals surface area contributed by atoms with Crippen LogP contribution in [-0.4, -0.2) is 74.8 Å². The Labute approximate surface area is 171 Å². The lowest BCUT2D eigenvalue weighted by atomic mass is 10.2. The van der Waals surface area contributed by atoms with Gasteiger partial charge < -0.3 is 15.4 Å². The number of carbonyl (C=O) groups is 2. The maximum Gasteiger partial charge on any atom is 0.243 e. The van der Waals surface area contributed by atoms with Crippen molar-refractivity contribution in [1.29, 1.82) is 0 Å². The molecule has 1 unspecified atom stereocenters. The quantitative estimate of drug-likeness (QED) is 0.665. The fourth-order valence-electron chi connectivity index (χ4n) is 3.33. The first-order valence-corrected chi connectivity index (χ1v) is 11.2. The summed E-state index contributed by atoms with van der Waals surface area (Å²) in [6.45, 7) is 4.75. The zero-order valence-electron chi connectivity index (χ0n) is 17.0. The van der Waals surface area contributed by atoms with Crippen LogP contribution in [0.2, 0.25) is 0 Å². The molecule has 0 aromatic heterocycles. The smallest absolute Gasteiger partial charge is 0.243 e. The van der Waals surface area contributed by atoms with Crippen molar-refractivity contribution in [3.63, 3.8) is 0 Å². The summed E-state index contributed by atoms with van der Waals surface area (Å²) >= 11 is 0. The van der Waals surface area contributed by atoms with Crippen LogP contribution in [0.25, 0.3) is 0 Å². The second-order valence-electron chi connectivity index (χ2n) is 7.44. The molecular formula is C19H28N4O5S. The zero-order valence-corrected chi connectivity index (χ0v) is 17.8. The minimum Gasteiger partial charge on any atom is -0.495 e. The third-order valence-corrected chi connectivity index (χ3v) is 7.14. The summed E-state index contributed by atoms with van der Waals surface area (Å²) in [5, 5.41) is 5.59. The molecule has 1 saturated heterocycles. The van der Waals surface area contributed by atoms with E-state index in [9.17, 15) is 18.0 Å². The van der Waals surface area contributed by atoms with E-state index in [1.54, 1.807) is 0 Å². The fraction of sp³-hybridized carbons (Fsp3) is 0.579. The number of nitrogens with one attached hydrogen (secondary N) is 2. The van der Waals surface area contributed by atoms with Crippen LogP contribution in [0.3, 0.4) is 0 Å². The highest BCUT2D eigenvalue weighted by Crippen LogP contribution is 2.29. The molecule has 1 aliphatic carbocycles. The van der Waals surface area contributed by atoms with Crippen molar-refractivity contribution >= 4 is 27.5 Å². The number of anilines is 1. The van der Waals surface area contributed by atoms with Gasteiger partial charge in [0.25, 0.3) is 0 Å². The van der Waals surface area contributed by atoms with Crippen molar-refractivity contribution in [2.24, 2.45) is 0 Å². The van der Waals surface area contributed by atoms with Gasteiger partial charge in [-0.15, -0.1) is 0 Å². The highest BCUT2D eigenvalue weighted by Gasteiger charge is 2.33. The second kappa shape index (κ2) is 8.68. The van der Waals surface area contributed by atoms with Gasteiger partial charge in [0.1, 0.15) is 5.75 Å². The third kappa shape index (κ3) is 5.06. The maximum absolute atomic E-state index is 13.1. The molecule has 1 aliphatic heterocycles. The molecule has 1 aromatic carbocycles. The van der Waals surface area contributed by atoms with Gasteiger partial charge in [0.15, 0.2) is 0 Å². The van der Waals surface area contributed by atoms with Gasteiger partial charge in [-0.2, -0.15) is 4.31 Å². The number of benzene rings is 1. The van der Waals surface area contributed by atoms with Crippen LogP contribution < -0.4 is 15.4 Å². The number of carbonyl (C=O) groups excluding carboxylic acids is 2. The standard InChI is InChI=1S/C19H28N4O5S/c1-13(19(25)21-15-4-5-15)22-8-10-23(11-9-22)29(26,27)16-6-7-18(28-3)17(12-16)20-14(2)24/h6-7,12-13,15H,4-5,8-11H2,1-3H3,(H,20,24)(H,21,25). The van der Waals surface area contributed by atoms with Gasteiger partial charge in [-0.1, -0.05) is 0 Å². The predicted octanol–water partition coefficient (Wildman–Crippen LogP) is 0.627. The number of ether oxygens (including phenoxy) is 1. The normalized spacial score (nSPS) is 19.4. The Morgan fingerprint density at radius 2 is 1.83 bits per heavy atom. The van der Waals surface area contributed by atoms with Crippen LogP contribution in [0.15, 0.2) is 23.1 Å². The van der Waals surface area contributed by atoms with E-state index in [0.717, 1.165) is 12.8 Å². The largest absolute Gasteiger partial charge is 0.495 e. The Kier molecular flexibility index (Phi) is 6.45. The van der Waals surface area contributed by atoms with E-state index in [1.807, 2.05) is 11.8 Å². The lowest BCUT2D eigenvalue weighted by Crippen LogP contribution is -2.55. The van der Waals surface area contributed by atoms with Crippen LogP contribution in [-0.2, 0) is 19.6 Å². The van der Waals surface area contributed by atoms with Gasteiger partial charge >= 0.3 is 0 Å². The van der Waals surface area contributed by atoms with E-state index >= 15 is 0 Å². The Hall–Kier alpha value is -2.17. The Bertz CT molecular complexity index is 877. The van der Waals surface area contributed by atoms with Crippen LogP contribution >= 0.6 is 0 Å². The SMILES string of the molecule is COc1ccc(S(=O)(=O)N2CCN(C(C)C(=O)NC3CC3)CC2)cc1NC(C)=O. The Morgan fingerprint density at radius 1 is 1.17 bits per heavy atom. The Morgan fingerprint density at radius 3 is 2.38 bits per heavy atom. The number of hydrogen-bond acceptors (Lipinski definition) is 6. The molecule has 1 saturated carbocycles. The molecule has 2 fully saturated rings. The van der Waals surface area contributed by atoms with Gasteiger partial charge in [-0.25, -0.2) is 8.42 Å². The third-order valence-electron chi connectivity index (χ3n) is 5.24. The van der Waals surface area contributed by atoms with Crippen molar-refractivity contribution < 1.29 is 22.7 Å². The van der Waals surface area contributed by atoms with Crippen molar-refractivity contribution in [3.8, 4) is 5.75 Å². The van der Waals surface area contributed by atoms with Crippen LogP contribution in [0, 0.1) is 0 Å². The molecule has 10 heteroatoms. The van der Waals surface area contributed by atoms with E-state index in [1.165, 1.54) is 36.5 Å². The van der Waals surface area contributed by atoms with E-state index in [4.69, 9.17) is 4.74 Å². The minimum absolute atomic E-state index is 0.00101. The molecule has 1 heterocycles. The molecule has 1 aromatic rings. The first-order chi connectivity index (χ1) is 13.7. The van der Waals surface area contributed by atoms with Crippen molar-refractivity contribution in [2.75, 3.05) is 38.6 Å². The van der Waals surface area contributed by atoms with E-state index in [0.29, 0.717) is 43.7 Å². The maximum atomic E-state index is 13.1. The summed E-state index contributed by atoms with van der Waals surface area (Å²) in [4.78, 5) is 25.7. The summed E-state index contributed by atoms with van der Waals surface area (Å²) in [5.74, 6) is 0.0725. The van der Waals surface area contributed by atoms with Gasteiger partial charge in [0, 0.05) is 39.1 Å². The average molecular weight is 425 g/mol. The van der Waals surface area contributed by atoms with Gasteiger partial charge in [-0.05, 0) is 38.0 Å². The molecule has 0 radical (unpaired) electrons. The average Bonchev–Trinajstić information content (AvgIpc) is 3.51. The number of piperazine rings is 1. The van der Waals surface area contributed by atoms with Gasteiger partial charge in [0.05, 0.1) is 23.7 Å². The molecule has 3 rings (SSSR count). The number of amides is 2. The number of rotatable bonds is 7. The van der Waals surface area contributed by atoms with E-state index in [2.05, 4.69) is 10.6 Å². The van der Waals surface area contributed by atoms with Crippen molar-refractivity contribution in [3.05, 3.63) is 18.2 Å². The molecule has 0 spiro atoms. The summed E-state index contributed by atoms with van der Waals surface area (Å²) in [6.07, 6.45) is 2.07. The molecule has 2 aliphatic rings. The topological polar surface area (TPSA) is 108 Å². The highest BCUT2D eigenvalue weighted by molar-refractivity contribution is 7.89. The van der Waals surface area contributed by atoms with E-state index < -0.39 is 10.0 Å². The molecule has 9 nitrogen and oxygen atoms in total. The number of nitrogens with zero attached hydrogens (tertiary/aromatic N) is 2. The molecule has 1 atom stereocenters. The minimum atomic E-state index is -3.72. The van der Waals surface area contributed by atoms with E-state index in [-0.39, 0.29) is 22.8 Å². The summed E-state index contributed by atoms with van der Waals surface area (Å²) in [5.41, 5.74) is 0.310. The highest BCUT2D eigenvalue weighted by atomic mass is 32.2. The number of sulfonamides is 1. The molecule has 29 heavy (non-hydrogen) atoms. The monoisotopic (exact) mass is 424 g/mol. The second-order valence-corrected chi connectivity index (χ2v) is 9.38. The van der Waals surface area contributed by atoms with Crippen LogP contribution in [0.4, 0.5) is 5.69 Å². The molecule has 160 valence electrons. The first-order valence-electron chi connectivity index (χ1n) is 9.72. The first kappa shape index (κ1) is 21.5. The predicted molar refractivity (Wildman–Crippen MR) is 108 cm³/mol. The van der Waals surface area contributed by atoms with Crippen molar-refractivity contribution in [2.45, 2.75) is 43.7 Å². The molecule has 2 amide bonds. The van der Waals surface area contributed by atoms with Gasteiger partial charge in [0.2, 0.25) is 21.8 Å². The molecule has 2 N–H and O–H groups in total. The summed E-state index contributed by atoms with van der Waals surface area (Å²) in [7, 11) is -2.27. The van der Waals surface area contributed by atoms with Crippen molar-refractivity contribution in [1.82, 2.24) is 14.5 Å². The van der Waals surface area contributed by atoms with Crippen LogP contribution in [0.1, 0.15) is 26.7 Å². The zero-order chi connectivity index (χ0) is 21.2.